The molecule has 0 fully saturated rings. The van der Waals surface area contributed by atoms with Crippen molar-refractivity contribution in [3.63, 3.8) is 0 Å². The molecule has 2 aromatic heterocycles. The molecular formula is C24H21Cl2FN4O3. The van der Waals surface area contributed by atoms with Gasteiger partial charge >= 0.3 is 6.03 Å². The summed E-state index contributed by atoms with van der Waals surface area (Å²) in [4.78, 5) is 25.0. The minimum atomic E-state index is -0.530. The quantitative estimate of drug-likeness (QED) is 0.426. The molecule has 0 spiro atoms. The summed E-state index contributed by atoms with van der Waals surface area (Å²) in [5, 5.41) is 0.724. The van der Waals surface area contributed by atoms with E-state index in [0.717, 1.165) is 5.56 Å². The first-order valence-electron chi connectivity index (χ1n) is 10.8. The Morgan fingerprint density at radius 1 is 1.21 bits per heavy atom. The van der Waals surface area contributed by atoms with Crippen molar-refractivity contribution in [2.24, 2.45) is 0 Å². The molecule has 0 aliphatic carbocycles. The van der Waals surface area contributed by atoms with Gasteiger partial charge in [0.1, 0.15) is 28.5 Å². The van der Waals surface area contributed by atoms with E-state index in [4.69, 9.17) is 32.7 Å². The molecule has 2 aliphatic rings. The van der Waals surface area contributed by atoms with Crippen LogP contribution in [0.2, 0.25) is 10.2 Å². The van der Waals surface area contributed by atoms with E-state index in [9.17, 15) is 9.18 Å². The Morgan fingerprint density at radius 3 is 2.85 bits per heavy atom. The van der Waals surface area contributed by atoms with Crippen LogP contribution in [0.25, 0.3) is 0 Å². The second kappa shape index (κ2) is 9.37. The molecule has 3 aromatic rings. The van der Waals surface area contributed by atoms with E-state index in [2.05, 4.69) is 9.97 Å². The first-order valence-corrected chi connectivity index (χ1v) is 11.5. The fraction of sp³-hybridized carbons (Fsp3) is 0.292. The number of aromatic nitrogens is 2. The van der Waals surface area contributed by atoms with Crippen LogP contribution in [0.4, 0.5) is 20.6 Å². The average molecular weight is 503 g/mol. The summed E-state index contributed by atoms with van der Waals surface area (Å²) < 4.78 is 25.6. The minimum Gasteiger partial charge on any atom is -0.484 e. The zero-order valence-electron chi connectivity index (χ0n) is 18.3. The van der Waals surface area contributed by atoms with Crippen LogP contribution in [-0.4, -0.2) is 36.3 Å². The number of anilines is 2. The van der Waals surface area contributed by atoms with Gasteiger partial charge in [0.25, 0.3) is 0 Å². The zero-order valence-corrected chi connectivity index (χ0v) is 19.8. The number of halogens is 3. The van der Waals surface area contributed by atoms with E-state index < -0.39 is 11.9 Å². The molecule has 7 nitrogen and oxygen atoms in total. The largest absolute Gasteiger partial charge is 0.484 e. The standard InChI is InChI=1S/C24H21Cl2FN4O3/c1-33-10-9-30-18-6-8-29-23(26)15(18)13-31(24(30)32)19-12-21-14(11-16(19)25)4-5-20(34-21)22-17(27)3-2-7-28-22/h2-3,6-8,11-12,20H,4-5,9-10,13H2,1H3. The van der Waals surface area contributed by atoms with Gasteiger partial charge in [-0.2, -0.15) is 0 Å². The molecule has 10 heteroatoms. The molecular weight excluding hydrogens is 482 g/mol. The lowest BCUT2D eigenvalue weighted by Crippen LogP contribution is -2.48. The van der Waals surface area contributed by atoms with Crippen molar-refractivity contribution in [2.75, 3.05) is 30.1 Å². The van der Waals surface area contributed by atoms with E-state index in [1.807, 2.05) is 0 Å². The lowest BCUT2D eigenvalue weighted by Gasteiger charge is -2.38. The Balaban J connectivity index is 1.52. The number of carbonyl (C=O) groups is 1. The molecule has 2 amide bonds. The predicted molar refractivity (Wildman–Crippen MR) is 127 cm³/mol. The molecule has 176 valence electrons. The number of carbonyl (C=O) groups excluding carboxylic acids is 1. The highest BCUT2D eigenvalue weighted by atomic mass is 35.5. The van der Waals surface area contributed by atoms with Crippen LogP contribution in [-0.2, 0) is 17.7 Å². The third kappa shape index (κ3) is 4.06. The summed E-state index contributed by atoms with van der Waals surface area (Å²) in [6, 6.07) is 7.93. The maximum Gasteiger partial charge on any atom is 0.329 e. The van der Waals surface area contributed by atoms with Crippen molar-refractivity contribution in [2.45, 2.75) is 25.5 Å². The molecule has 5 rings (SSSR count). The normalized spacial score (nSPS) is 17.3. The van der Waals surface area contributed by atoms with Crippen LogP contribution in [0, 0.1) is 5.82 Å². The number of hydrogen-bond donors (Lipinski definition) is 0. The highest BCUT2D eigenvalue weighted by Crippen LogP contribution is 2.43. The number of ether oxygens (including phenoxy) is 2. The number of nitrogens with zero attached hydrogens (tertiary/aromatic N) is 4. The van der Waals surface area contributed by atoms with Gasteiger partial charge in [-0.1, -0.05) is 23.2 Å². The number of rotatable bonds is 5. The Kier molecular flexibility index (Phi) is 6.29. The third-order valence-corrected chi connectivity index (χ3v) is 6.65. The molecule has 1 atom stereocenters. The van der Waals surface area contributed by atoms with Crippen molar-refractivity contribution < 1.29 is 18.7 Å². The number of methoxy groups -OCH3 is 1. The summed E-state index contributed by atoms with van der Waals surface area (Å²) in [5.74, 6) is 0.129. The lowest BCUT2D eigenvalue weighted by atomic mass is 9.99. The highest BCUT2D eigenvalue weighted by Gasteiger charge is 2.35. The molecule has 1 aromatic carbocycles. The molecule has 0 saturated heterocycles. The monoisotopic (exact) mass is 502 g/mol. The summed E-state index contributed by atoms with van der Waals surface area (Å²) in [5.41, 5.74) is 3.02. The molecule has 1 unspecified atom stereocenters. The Labute approximate surface area is 206 Å². The Hall–Kier alpha value is -2.94. The minimum absolute atomic E-state index is 0.196. The molecule has 0 bridgehead atoms. The van der Waals surface area contributed by atoms with E-state index in [0.29, 0.717) is 58.9 Å². The number of benzene rings is 1. The molecule has 0 saturated carbocycles. The smallest absolute Gasteiger partial charge is 0.329 e. The Morgan fingerprint density at radius 2 is 2.06 bits per heavy atom. The maximum absolute atomic E-state index is 14.3. The van der Waals surface area contributed by atoms with E-state index >= 15 is 0 Å². The van der Waals surface area contributed by atoms with Crippen LogP contribution >= 0.6 is 23.2 Å². The Bertz CT molecular complexity index is 1260. The van der Waals surface area contributed by atoms with Crippen molar-refractivity contribution >= 4 is 40.6 Å². The zero-order chi connectivity index (χ0) is 23.8. The van der Waals surface area contributed by atoms with Gasteiger partial charge in [-0.05, 0) is 42.7 Å². The number of fused-ring (bicyclic) bond motifs is 2. The van der Waals surface area contributed by atoms with Crippen molar-refractivity contribution in [1.82, 2.24) is 9.97 Å². The van der Waals surface area contributed by atoms with Gasteiger partial charge in [-0.25, -0.2) is 14.2 Å². The fourth-order valence-electron chi connectivity index (χ4n) is 4.34. The third-order valence-electron chi connectivity index (χ3n) is 6.02. The van der Waals surface area contributed by atoms with Crippen LogP contribution < -0.4 is 14.5 Å². The van der Waals surface area contributed by atoms with Gasteiger partial charge in [0, 0.05) is 31.1 Å². The van der Waals surface area contributed by atoms with Gasteiger partial charge in [0.2, 0.25) is 0 Å². The molecule has 34 heavy (non-hydrogen) atoms. The second-order valence-electron chi connectivity index (χ2n) is 8.04. The SMILES string of the molecule is COCCN1C(=O)N(c2cc3c(cc2Cl)CCC(c2ncccc2F)O3)Cc2c1ccnc2Cl. The van der Waals surface area contributed by atoms with Gasteiger partial charge in [-0.3, -0.25) is 14.8 Å². The molecule has 0 N–H and O–H groups in total. The fourth-order valence-corrected chi connectivity index (χ4v) is 4.84. The number of pyridine rings is 2. The van der Waals surface area contributed by atoms with E-state index in [1.54, 1.807) is 53.6 Å². The molecule has 2 aliphatic heterocycles. The first-order chi connectivity index (χ1) is 16.5. The van der Waals surface area contributed by atoms with Crippen LogP contribution in [0.5, 0.6) is 5.75 Å². The first kappa shape index (κ1) is 22.8. The second-order valence-corrected chi connectivity index (χ2v) is 8.80. The maximum atomic E-state index is 14.3. The van der Waals surface area contributed by atoms with Crippen LogP contribution in [0.3, 0.4) is 0 Å². The summed E-state index contributed by atoms with van der Waals surface area (Å²) in [6.07, 6.45) is 3.79. The van der Waals surface area contributed by atoms with Crippen molar-refractivity contribution in [3.8, 4) is 5.75 Å². The van der Waals surface area contributed by atoms with Crippen LogP contribution in [0.15, 0.2) is 42.7 Å². The molecule has 4 heterocycles. The lowest BCUT2D eigenvalue weighted by molar-refractivity contribution is 0.167. The number of hydrogen-bond acceptors (Lipinski definition) is 5. The highest BCUT2D eigenvalue weighted by molar-refractivity contribution is 6.34. The predicted octanol–water partition coefficient (Wildman–Crippen LogP) is 5.58. The summed E-state index contributed by atoms with van der Waals surface area (Å²) in [6.45, 7) is 0.873. The van der Waals surface area contributed by atoms with Gasteiger partial charge in [-0.15, -0.1) is 0 Å². The number of amides is 2. The van der Waals surface area contributed by atoms with E-state index in [1.165, 1.54) is 6.07 Å². The van der Waals surface area contributed by atoms with Gasteiger partial charge in [0.05, 0.1) is 36.1 Å². The van der Waals surface area contributed by atoms with Gasteiger partial charge < -0.3 is 9.47 Å². The molecule has 0 radical (unpaired) electrons. The van der Waals surface area contributed by atoms with Crippen LogP contribution in [0.1, 0.15) is 29.3 Å². The summed E-state index contributed by atoms with van der Waals surface area (Å²) >= 11 is 13.0. The number of aryl methyl sites for hydroxylation is 1. The van der Waals surface area contributed by atoms with Gasteiger partial charge in [0.15, 0.2) is 0 Å². The average Bonchev–Trinajstić information content (AvgIpc) is 2.83. The van der Waals surface area contributed by atoms with E-state index in [-0.39, 0.29) is 18.3 Å². The van der Waals surface area contributed by atoms with Crippen molar-refractivity contribution in [3.05, 3.63) is 75.5 Å². The number of urea groups is 1. The topological polar surface area (TPSA) is 67.8 Å². The van der Waals surface area contributed by atoms with Crippen molar-refractivity contribution in [1.29, 1.82) is 0 Å². The summed E-state index contributed by atoms with van der Waals surface area (Å²) in [7, 11) is 1.57.